The van der Waals surface area contributed by atoms with Crippen LogP contribution in [0.4, 0.5) is 0 Å². The second-order valence-electron chi connectivity index (χ2n) is 3.76. The van der Waals surface area contributed by atoms with Gasteiger partial charge in [-0.15, -0.1) is 0 Å². The number of carboxylic acid groups (broad SMARTS) is 1. The Labute approximate surface area is 118 Å². The van der Waals surface area contributed by atoms with Gasteiger partial charge in [0.15, 0.2) is 0 Å². The number of methoxy groups -OCH3 is 2. The lowest BCUT2D eigenvalue weighted by Gasteiger charge is -1.99. The fraction of sp³-hybridized carbons (Fsp3) is 0.357. The number of carboxylic acids is 1. The molecule has 0 aromatic heterocycles. The number of rotatable bonds is 5. The normalized spacial score (nSPS) is 9.70. The van der Waals surface area contributed by atoms with Gasteiger partial charge in [0, 0.05) is 16.7 Å². The first-order valence-electron chi connectivity index (χ1n) is 5.57. The number of carbonyl (C=O) groups is 3. The fourth-order valence-electron chi connectivity index (χ4n) is 0.766. The van der Waals surface area contributed by atoms with E-state index in [1.807, 2.05) is 0 Å². The zero-order valence-corrected chi connectivity index (χ0v) is 12.2. The summed E-state index contributed by atoms with van der Waals surface area (Å²) in [5.74, 6) is -1.87. The molecule has 0 fully saturated rings. The molecule has 112 valence electrons. The Morgan fingerprint density at radius 3 is 1.75 bits per heavy atom. The Bertz CT molecular complexity index is 431. The van der Waals surface area contributed by atoms with Crippen LogP contribution in [0.2, 0.25) is 0 Å². The summed E-state index contributed by atoms with van der Waals surface area (Å²) in [5.41, 5.74) is 0.857. The average molecular weight is 284 g/mol. The first-order valence-corrected chi connectivity index (χ1v) is 5.57. The van der Waals surface area contributed by atoms with Crippen molar-refractivity contribution in [2.75, 3.05) is 14.2 Å². The Balaban J connectivity index is 0. The molecule has 0 aliphatic rings. The van der Waals surface area contributed by atoms with Crippen LogP contribution < -0.4 is 0 Å². The van der Waals surface area contributed by atoms with Crippen LogP contribution in [0.5, 0.6) is 0 Å². The molecule has 0 spiro atoms. The van der Waals surface area contributed by atoms with E-state index < -0.39 is 11.9 Å². The van der Waals surface area contributed by atoms with Gasteiger partial charge in [0.2, 0.25) is 0 Å². The van der Waals surface area contributed by atoms with Crippen LogP contribution in [-0.2, 0) is 23.9 Å². The number of allylic oxidation sites excluding steroid dienone is 1. The number of aliphatic carboxylic acids is 1. The largest absolute Gasteiger partial charge is 0.478 e. The maximum atomic E-state index is 10.8. The molecule has 0 amide bonds. The molecule has 0 aliphatic carbocycles. The van der Waals surface area contributed by atoms with Gasteiger partial charge < -0.3 is 14.6 Å². The van der Waals surface area contributed by atoms with Gasteiger partial charge in [0.1, 0.15) is 0 Å². The zero-order valence-electron chi connectivity index (χ0n) is 12.2. The highest BCUT2D eigenvalue weighted by Crippen LogP contribution is 2.04. The van der Waals surface area contributed by atoms with E-state index in [4.69, 9.17) is 5.11 Å². The maximum absolute atomic E-state index is 10.8. The lowest BCUT2D eigenvalue weighted by atomic mass is 10.1. The van der Waals surface area contributed by atoms with Crippen molar-refractivity contribution < 1.29 is 29.0 Å². The topological polar surface area (TPSA) is 89.9 Å². The summed E-state index contributed by atoms with van der Waals surface area (Å²) in [6.07, 6.45) is 1.62. The molecule has 1 N–H and O–H groups in total. The molecule has 0 heterocycles. The Hall–Kier alpha value is -2.37. The van der Waals surface area contributed by atoms with Crippen LogP contribution in [0, 0.1) is 0 Å². The van der Waals surface area contributed by atoms with Gasteiger partial charge in [-0.1, -0.05) is 19.2 Å². The molecule has 0 bridgehead atoms. The van der Waals surface area contributed by atoms with Crippen molar-refractivity contribution in [3.05, 3.63) is 36.0 Å². The predicted molar refractivity (Wildman–Crippen MR) is 74.0 cm³/mol. The summed E-state index contributed by atoms with van der Waals surface area (Å²) >= 11 is 0. The van der Waals surface area contributed by atoms with Gasteiger partial charge in [-0.05, 0) is 20.3 Å². The van der Waals surface area contributed by atoms with Crippen LogP contribution in [0.25, 0.3) is 0 Å². The van der Waals surface area contributed by atoms with Gasteiger partial charge in [0.25, 0.3) is 0 Å². The molecule has 6 heteroatoms. The SMILES string of the molecule is C=C(C)C(=O)OC.C=C(CC=C(C)C(=O)O)C(=O)OC. The standard InChI is InChI=1S/C9H12O4.C5H8O2/c1-6(8(10)11)4-5-7(2)9(12)13-3;1-4(2)5(6)7-3/h4H,2,5H2,1,3H3,(H,10,11);1H2,2-3H3. The van der Waals surface area contributed by atoms with E-state index in [-0.39, 0.29) is 23.5 Å². The molecular formula is C14H20O6. The van der Waals surface area contributed by atoms with Gasteiger partial charge in [-0.2, -0.15) is 0 Å². The molecule has 0 aromatic carbocycles. The summed E-state index contributed by atoms with van der Waals surface area (Å²) in [7, 11) is 2.58. The number of hydrogen-bond acceptors (Lipinski definition) is 5. The van der Waals surface area contributed by atoms with E-state index in [1.54, 1.807) is 6.92 Å². The molecule has 0 radical (unpaired) electrons. The van der Waals surface area contributed by atoms with Crippen molar-refractivity contribution in [1.82, 2.24) is 0 Å². The predicted octanol–water partition coefficient (Wildman–Crippen LogP) is 1.87. The van der Waals surface area contributed by atoms with E-state index in [9.17, 15) is 14.4 Å². The molecule has 0 atom stereocenters. The second kappa shape index (κ2) is 10.5. The molecule has 0 aromatic rings. The first kappa shape index (κ1) is 20.0. The molecule has 0 saturated carbocycles. The molecule has 20 heavy (non-hydrogen) atoms. The van der Waals surface area contributed by atoms with Crippen molar-refractivity contribution >= 4 is 17.9 Å². The number of hydrogen-bond donors (Lipinski definition) is 1. The highest BCUT2D eigenvalue weighted by atomic mass is 16.5. The van der Waals surface area contributed by atoms with Gasteiger partial charge in [-0.25, -0.2) is 14.4 Å². The summed E-state index contributed by atoms with van der Waals surface area (Å²) < 4.78 is 8.66. The fourth-order valence-corrected chi connectivity index (χ4v) is 0.766. The van der Waals surface area contributed by atoms with Gasteiger partial charge in [0.05, 0.1) is 14.2 Å². The Morgan fingerprint density at radius 1 is 1.05 bits per heavy atom. The minimum atomic E-state index is -1.00. The Kier molecular flexibility index (Phi) is 10.5. The quantitative estimate of drug-likeness (QED) is 0.612. The van der Waals surface area contributed by atoms with E-state index in [1.165, 1.54) is 27.2 Å². The second-order valence-corrected chi connectivity index (χ2v) is 3.76. The molecule has 0 aliphatic heterocycles. The zero-order chi connectivity index (χ0) is 16.3. The van der Waals surface area contributed by atoms with Crippen LogP contribution in [0.3, 0.4) is 0 Å². The Morgan fingerprint density at radius 2 is 1.50 bits per heavy atom. The highest BCUT2D eigenvalue weighted by Gasteiger charge is 2.05. The van der Waals surface area contributed by atoms with Crippen molar-refractivity contribution in [3.8, 4) is 0 Å². The lowest BCUT2D eigenvalue weighted by molar-refractivity contribution is -0.136. The van der Waals surface area contributed by atoms with E-state index >= 15 is 0 Å². The number of carbonyl (C=O) groups excluding carboxylic acids is 2. The van der Waals surface area contributed by atoms with Crippen molar-refractivity contribution in [2.45, 2.75) is 20.3 Å². The van der Waals surface area contributed by atoms with Crippen molar-refractivity contribution in [1.29, 1.82) is 0 Å². The monoisotopic (exact) mass is 284 g/mol. The minimum Gasteiger partial charge on any atom is -0.478 e. The highest BCUT2D eigenvalue weighted by molar-refractivity contribution is 5.89. The first-order chi connectivity index (χ1) is 9.17. The van der Waals surface area contributed by atoms with Crippen LogP contribution in [0.15, 0.2) is 36.0 Å². The van der Waals surface area contributed by atoms with E-state index in [2.05, 4.69) is 22.6 Å². The number of esters is 2. The third-order valence-corrected chi connectivity index (χ3v) is 2.00. The summed E-state index contributed by atoms with van der Waals surface area (Å²) in [5, 5.41) is 8.48. The van der Waals surface area contributed by atoms with Crippen LogP contribution in [0.1, 0.15) is 20.3 Å². The summed E-state index contributed by atoms with van der Waals surface area (Å²) in [4.78, 5) is 31.3. The van der Waals surface area contributed by atoms with E-state index in [0.29, 0.717) is 5.57 Å². The maximum Gasteiger partial charge on any atom is 0.333 e. The van der Waals surface area contributed by atoms with Crippen molar-refractivity contribution in [2.24, 2.45) is 0 Å². The molecule has 0 saturated heterocycles. The van der Waals surface area contributed by atoms with E-state index in [0.717, 1.165) is 0 Å². The molecule has 6 nitrogen and oxygen atoms in total. The third kappa shape index (κ3) is 9.64. The third-order valence-electron chi connectivity index (χ3n) is 2.00. The summed E-state index contributed by atoms with van der Waals surface area (Å²) in [6.45, 7) is 9.85. The average Bonchev–Trinajstić information content (AvgIpc) is 2.42. The smallest absolute Gasteiger partial charge is 0.333 e. The summed E-state index contributed by atoms with van der Waals surface area (Å²) in [6, 6.07) is 0. The minimum absolute atomic E-state index is 0.185. The molecule has 0 unspecified atom stereocenters. The van der Waals surface area contributed by atoms with Gasteiger partial charge >= 0.3 is 17.9 Å². The van der Waals surface area contributed by atoms with Crippen LogP contribution in [-0.4, -0.2) is 37.2 Å². The number of ether oxygens (including phenoxy) is 2. The molecule has 0 rings (SSSR count). The van der Waals surface area contributed by atoms with Gasteiger partial charge in [-0.3, -0.25) is 0 Å². The van der Waals surface area contributed by atoms with Crippen LogP contribution >= 0.6 is 0 Å². The molecular weight excluding hydrogens is 264 g/mol. The van der Waals surface area contributed by atoms with Crippen molar-refractivity contribution in [3.63, 3.8) is 0 Å². The lowest BCUT2D eigenvalue weighted by Crippen LogP contribution is -2.03.